The molecule has 0 bridgehead atoms. The molecule has 3 heteroatoms. The van der Waals surface area contributed by atoms with Crippen molar-refractivity contribution in [2.24, 2.45) is 5.92 Å². The summed E-state index contributed by atoms with van der Waals surface area (Å²) in [6.07, 6.45) is 6.12. The summed E-state index contributed by atoms with van der Waals surface area (Å²) in [5.74, 6) is 2.60. The molecule has 0 spiro atoms. The van der Waals surface area contributed by atoms with Gasteiger partial charge in [0.05, 0.1) is 6.20 Å². The van der Waals surface area contributed by atoms with Crippen LogP contribution in [0.2, 0.25) is 0 Å². The van der Waals surface area contributed by atoms with E-state index in [4.69, 9.17) is 4.42 Å². The van der Waals surface area contributed by atoms with E-state index in [1.165, 1.54) is 6.42 Å². The molecule has 0 saturated carbocycles. The van der Waals surface area contributed by atoms with Crippen molar-refractivity contribution in [1.29, 1.82) is 0 Å². The minimum Gasteiger partial charge on any atom is -0.446 e. The fraction of sp³-hybridized carbons (Fsp3) is 0.769. The van der Waals surface area contributed by atoms with Gasteiger partial charge in [-0.25, -0.2) is 4.98 Å². The predicted molar refractivity (Wildman–Crippen MR) is 66.5 cm³/mol. The van der Waals surface area contributed by atoms with Crippen molar-refractivity contribution >= 4 is 0 Å². The van der Waals surface area contributed by atoms with Gasteiger partial charge in [0.15, 0.2) is 5.89 Å². The number of nitrogens with one attached hydrogen (secondary N) is 1. The van der Waals surface area contributed by atoms with Crippen LogP contribution in [0.1, 0.15) is 45.3 Å². The molecule has 0 amide bonds. The Hall–Kier alpha value is -0.830. The molecule has 0 aliphatic heterocycles. The Morgan fingerprint density at radius 3 is 2.94 bits per heavy atom. The van der Waals surface area contributed by atoms with E-state index in [2.05, 4.69) is 31.1 Å². The van der Waals surface area contributed by atoms with E-state index >= 15 is 0 Å². The normalized spacial score (nSPS) is 12.9. The standard InChI is InChI=1S/C13H24N2O/c1-4-11(3)9-12-10-15-13(16-12)7-6-8-14-5-2/h10-11,14H,4-9H2,1-3H3. The Labute approximate surface area is 98.6 Å². The van der Waals surface area contributed by atoms with Gasteiger partial charge in [-0.1, -0.05) is 27.2 Å². The molecule has 0 aliphatic carbocycles. The van der Waals surface area contributed by atoms with Crippen LogP contribution >= 0.6 is 0 Å². The molecular weight excluding hydrogens is 200 g/mol. The van der Waals surface area contributed by atoms with E-state index in [1.54, 1.807) is 0 Å². The average Bonchev–Trinajstić information content (AvgIpc) is 2.72. The molecular formula is C13H24N2O. The van der Waals surface area contributed by atoms with Crippen LogP contribution in [-0.2, 0) is 12.8 Å². The highest BCUT2D eigenvalue weighted by Gasteiger charge is 2.07. The Kier molecular flexibility index (Phi) is 6.16. The maximum absolute atomic E-state index is 5.70. The molecule has 0 fully saturated rings. The van der Waals surface area contributed by atoms with E-state index in [1.807, 2.05) is 6.20 Å². The summed E-state index contributed by atoms with van der Waals surface area (Å²) < 4.78 is 5.70. The first kappa shape index (κ1) is 13.2. The van der Waals surface area contributed by atoms with Gasteiger partial charge in [-0.15, -0.1) is 0 Å². The average molecular weight is 224 g/mol. The lowest BCUT2D eigenvalue weighted by Gasteiger charge is -2.03. The maximum atomic E-state index is 5.70. The molecule has 3 nitrogen and oxygen atoms in total. The topological polar surface area (TPSA) is 38.1 Å². The summed E-state index contributed by atoms with van der Waals surface area (Å²) in [6.45, 7) is 8.64. The molecule has 1 unspecified atom stereocenters. The van der Waals surface area contributed by atoms with Crippen molar-refractivity contribution in [3.8, 4) is 0 Å². The molecule has 1 N–H and O–H groups in total. The van der Waals surface area contributed by atoms with Crippen LogP contribution in [0, 0.1) is 5.92 Å². The van der Waals surface area contributed by atoms with Crippen molar-refractivity contribution in [3.05, 3.63) is 17.8 Å². The molecule has 16 heavy (non-hydrogen) atoms. The smallest absolute Gasteiger partial charge is 0.194 e. The number of aryl methyl sites for hydroxylation is 1. The second kappa shape index (κ2) is 7.44. The number of hydrogen-bond acceptors (Lipinski definition) is 3. The van der Waals surface area contributed by atoms with Crippen LogP contribution in [0.15, 0.2) is 10.6 Å². The molecule has 0 saturated heterocycles. The van der Waals surface area contributed by atoms with E-state index in [-0.39, 0.29) is 0 Å². The lowest BCUT2D eigenvalue weighted by atomic mass is 10.0. The van der Waals surface area contributed by atoms with Gasteiger partial charge in [0, 0.05) is 12.8 Å². The summed E-state index contributed by atoms with van der Waals surface area (Å²) >= 11 is 0. The molecule has 92 valence electrons. The second-order valence-electron chi connectivity index (χ2n) is 4.39. The van der Waals surface area contributed by atoms with Crippen LogP contribution in [0.3, 0.4) is 0 Å². The summed E-state index contributed by atoms with van der Waals surface area (Å²) in [5.41, 5.74) is 0. The van der Waals surface area contributed by atoms with Crippen molar-refractivity contribution in [2.45, 2.75) is 46.5 Å². The van der Waals surface area contributed by atoms with Gasteiger partial charge in [-0.05, 0) is 25.4 Å². The summed E-state index contributed by atoms with van der Waals surface area (Å²) in [7, 11) is 0. The summed E-state index contributed by atoms with van der Waals surface area (Å²) in [6, 6.07) is 0. The van der Waals surface area contributed by atoms with Gasteiger partial charge in [0.2, 0.25) is 0 Å². The van der Waals surface area contributed by atoms with Crippen LogP contribution in [-0.4, -0.2) is 18.1 Å². The van der Waals surface area contributed by atoms with E-state index in [0.29, 0.717) is 5.92 Å². The molecule has 1 aromatic rings. The summed E-state index contributed by atoms with van der Waals surface area (Å²) in [5, 5.41) is 3.30. The third kappa shape index (κ3) is 4.79. The summed E-state index contributed by atoms with van der Waals surface area (Å²) in [4.78, 5) is 4.31. The lowest BCUT2D eigenvalue weighted by Crippen LogP contribution is -2.14. The van der Waals surface area contributed by atoms with Crippen molar-refractivity contribution in [3.63, 3.8) is 0 Å². The largest absolute Gasteiger partial charge is 0.446 e. The first-order chi connectivity index (χ1) is 7.76. The molecule has 1 rings (SSSR count). The number of rotatable bonds is 8. The molecule has 1 atom stereocenters. The third-order valence-corrected chi connectivity index (χ3v) is 2.84. The van der Waals surface area contributed by atoms with E-state index in [9.17, 15) is 0 Å². The molecule has 0 radical (unpaired) electrons. The zero-order valence-electron chi connectivity index (χ0n) is 10.8. The maximum Gasteiger partial charge on any atom is 0.194 e. The fourth-order valence-electron chi connectivity index (χ4n) is 1.59. The lowest BCUT2D eigenvalue weighted by molar-refractivity contribution is 0.414. The first-order valence-electron chi connectivity index (χ1n) is 6.40. The number of hydrogen-bond donors (Lipinski definition) is 1. The molecule has 1 aromatic heterocycles. The molecule has 1 heterocycles. The van der Waals surface area contributed by atoms with Gasteiger partial charge < -0.3 is 9.73 Å². The van der Waals surface area contributed by atoms with Crippen molar-refractivity contribution < 1.29 is 4.42 Å². The molecule has 0 aromatic carbocycles. The second-order valence-corrected chi connectivity index (χ2v) is 4.39. The van der Waals surface area contributed by atoms with Gasteiger partial charge in [-0.2, -0.15) is 0 Å². The van der Waals surface area contributed by atoms with Crippen LogP contribution < -0.4 is 5.32 Å². The fourth-order valence-corrected chi connectivity index (χ4v) is 1.59. The third-order valence-electron chi connectivity index (χ3n) is 2.84. The van der Waals surface area contributed by atoms with Crippen molar-refractivity contribution in [1.82, 2.24) is 10.3 Å². The van der Waals surface area contributed by atoms with E-state index < -0.39 is 0 Å². The van der Waals surface area contributed by atoms with Crippen LogP contribution in [0.25, 0.3) is 0 Å². The minimum absolute atomic E-state index is 0.683. The van der Waals surface area contributed by atoms with Gasteiger partial charge in [0.25, 0.3) is 0 Å². The Morgan fingerprint density at radius 1 is 1.44 bits per heavy atom. The van der Waals surface area contributed by atoms with Gasteiger partial charge in [-0.3, -0.25) is 0 Å². The van der Waals surface area contributed by atoms with Gasteiger partial charge in [0.1, 0.15) is 5.76 Å². The number of aromatic nitrogens is 1. The number of nitrogens with zero attached hydrogens (tertiary/aromatic N) is 1. The van der Waals surface area contributed by atoms with E-state index in [0.717, 1.165) is 44.0 Å². The highest BCUT2D eigenvalue weighted by Crippen LogP contribution is 2.13. The SMILES string of the molecule is CCNCCCc1ncc(CC(C)CC)o1. The Morgan fingerprint density at radius 2 is 2.25 bits per heavy atom. The van der Waals surface area contributed by atoms with Crippen molar-refractivity contribution in [2.75, 3.05) is 13.1 Å². The predicted octanol–water partition coefficient (Wildman–Crippen LogP) is 2.81. The number of oxazole rings is 1. The zero-order chi connectivity index (χ0) is 11.8. The van der Waals surface area contributed by atoms with Crippen LogP contribution in [0.4, 0.5) is 0 Å². The highest BCUT2D eigenvalue weighted by atomic mass is 16.4. The van der Waals surface area contributed by atoms with Crippen LogP contribution in [0.5, 0.6) is 0 Å². The minimum atomic E-state index is 0.683. The monoisotopic (exact) mass is 224 g/mol. The Balaban J connectivity index is 2.28. The Bertz CT molecular complexity index is 283. The van der Waals surface area contributed by atoms with Gasteiger partial charge >= 0.3 is 0 Å². The first-order valence-corrected chi connectivity index (χ1v) is 6.40. The quantitative estimate of drug-likeness (QED) is 0.690. The highest BCUT2D eigenvalue weighted by molar-refractivity contribution is 4.95. The molecule has 0 aliphatic rings. The zero-order valence-corrected chi connectivity index (χ0v) is 10.8.